The van der Waals surface area contributed by atoms with Crippen molar-refractivity contribution in [2.45, 2.75) is 38.4 Å². The summed E-state index contributed by atoms with van der Waals surface area (Å²) in [7, 11) is -0.355. The van der Waals surface area contributed by atoms with E-state index in [0.717, 1.165) is 0 Å². The predicted molar refractivity (Wildman–Crippen MR) is 61.4 cm³/mol. The van der Waals surface area contributed by atoms with Gasteiger partial charge >= 0.3 is 0 Å². The monoisotopic (exact) mass is 186 g/mol. The lowest BCUT2D eigenvalue weighted by Gasteiger charge is -2.50. The quantitative estimate of drug-likeness (QED) is 0.578. The Hall–Kier alpha value is 0.0900. The van der Waals surface area contributed by atoms with E-state index < -0.39 is 0 Å². The standard InChI is InChI=1S/C11H22S/c1-5-11(2,3)12(4)9-7-6-8-10-12/h6-7H,5,8-10H2,1-4H3. The Labute approximate surface area is 78.8 Å². The van der Waals surface area contributed by atoms with Gasteiger partial charge in [-0.25, -0.2) is 10.0 Å². The molecule has 0 bridgehead atoms. The van der Waals surface area contributed by atoms with Gasteiger partial charge in [0.1, 0.15) is 0 Å². The molecule has 12 heavy (non-hydrogen) atoms. The van der Waals surface area contributed by atoms with Crippen LogP contribution in [0.25, 0.3) is 0 Å². The van der Waals surface area contributed by atoms with Crippen LogP contribution in [0.1, 0.15) is 33.6 Å². The molecule has 1 rings (SSSR count). The largest absolute Gasteiger partial charge is 0.235 e. The van der Waals surface area contributed by atoms with Crippen molar-refractivity contribution in [3.05, 3.63) is 12.2 Å². The molecule has 0 nitrogen and oxygen atoms in total. The van der Waals surface area contributed by atoms with Gasteiger partial charge < -0.3 is 0 Å². The Morgan fingerprint density at radius 1 is 1.33 bits per heavy atom. The van der Waals surface area contributed by atoms with Crippen molar-refractivity contribution in [3.8, 4) is 0 Å². The first-order valence-corrected chi connectivity index (χ1v) is 7.28. The van der Waals surface area contributed by atoms with Crippen LogP contribution in [0.4, 0.5) is 0 Å². The smallest absolute Gasteiger partial charge is 0.00440 e. The minimum absolute atomic E-state index is 0.355. The molecule has 1 heterocycles. The fraction of sp³-hybridized carbons (Fsp3) is 0.818. The second kappa shape index (κ2) is 3.45. The van der Waals surface area contributed by atoms with Gasteiger partial charge in [-0.1, -0.05) is 32.9 Å². The summed E-state index contributed by atoms with van der Waals surface area (Å²) in [6, 6.07) is 0. The average Bonchev–Trinajstić information content (AvgIpc) is 2.06. The molecule has 1 unspecified atom stereocenters. The van der Waals surface area contributed by atoms with E-state index >= 15 is 0 Å². The molecule has 0 aliphatic carbocycles. The summed E-state index contributed by atoms with van der Waals surface area (Å²) in [5.41, 5.74) is 0. The summed E-state index contributed by atoms with van der Waals surface area (Å²) in [6.45, 7) is 7.22. The minimum Gasteiger partial charge on any atom is -0.235 e. The van der Waals surface area contributed by atoms with Crippen molar-refractivity contribution < 1.29 is 0 Å². The molecular formula is C11H22S. The van der Waals surface area contributed by atoms with Gasteiger partial charge in [0.15, 0.2) is 0 Å². The minimum atomic E-state index is -0.355. The van der Waals surface area contributed by atoms with E-state index in [1.54, 1.807) is 0 Å². The first-order chi connectivity index (χ1) is 5.52. The molecule has 0 amide bonds. The summed E-state index contributed by atoms with van der Waals surface area (Å²) in [4.78, 5) is 0. The van der Waals surface area contributed by atoms with E-state index in [1.807, 2.05) is 0 Å². The maximum Gasteiger partial charge on any atom is -0.00440 e. The second-order valence-electron chi connectivity index (χ2n) is 4.52. The van der Waals surface area contributed by atoms with Crippen molar-refractivity contribution in [1.29, 1.82) is 0 Å². The van der Waals surface area contributed by atoms with Crippen LogP contribution < -0.4 is 0 Å². The third-order valence-corrected chi connectivity index (χ3v) is 8.57. The van der Waals surface area contributed by atoms with Gasteiger partial charge in [0.2, 0.25) is 0 Å². The molecule has 0 aromatic heterocycles. The highest BCUT2D eigenvalue weighted by atomic mass is 32.3. The average molecular weight is 186 g/mol. The fourth-order valence-corrected chi connectivity index (χ4v) is 4.74. The van der Waals surface area contributed by atoms with Crippen molar-refractivity contribution in [1.82, 2.24) is 0 Å². The predicted octanol–water partition coefficient (Wildman–Crippen LogP) is 3.57. The summed E-state index contributed by atoms with van der Waals surface area (Å²) in [5.74, 6) is 2.80. The van der Waals surface area contributed by atoms with E-state index in [2.05, 4.69) is 39.2 Å². The van der Waals surface area contributed by atoms with Crippen LogP contribution in [0.5, 0.6) is 0 Å². The molecule has 0 saturated carbocycles. The van der Waals surface area contributed by atoms with Gasteiger partial charge in [0, 0.05) is 0 Å². The van der Waals surface area contributed by atoms with E-state index in [-0.39, 0.29) is 10.0 Å². The van der Waals surface area contributed by atoms with Crippen molar-refractivity contribution in [2.75, 3.05) is 17.8 Å². The lowest BCUT2D eigenvalue weighted by Crippen LogP contribution is -2.32. The Morgan fingerprint density at radius 3 is 2.42 bits per heavy atom. The lowest BCUT2D eigenvalue weighted by molar-refractivity contribution is 0.670. The Bertz CT molecular complexity index is 181. The SMILES string of the molecule is CCC(C)(C)S1(C)CC=CCC1. The van der Waals surface area contributed by atoms with E-state index in [0.29, 0.717) is 4.75 Å². The lowest BCUT2D eigenvalue weighted by atomic mass is 10.1. The molecule has 0 saturated heterocycles. The molecule has 0 fully saturated rings. The van der Waals surface area contributed by atoms with E-state index in [9.17, 15) is 0 Å². The molecular weight excluding hydrogens is 164 g/mol. The topological polar surface area (TPSA) is 0 Å². The molecule has 1 heteroatoms. The fourth-order valence-electron chi connectivity index (χ4n) is 1.66. The van der Waals surface area contributed by atoms with Crippen LogP contribution in [-0.2, 0) is 0 Å². The van der Waals surface area contributed by atoms with Crippen molar-refractivity contribution >= 4 is 10.0 Å². The normalized spacial score (nSPS) is 36.0. The Morgan fingerprint density at radius 2 is 2.00 bits per heavy atom. The maximum absolute atomic E-state index is 2.53. The maximum atomic E-state index is 2.53. The molecule has 0 radical (unpaired) electrons. The Kier molecular flexibility index (Phi) is 2.92. The molecule has 0 aromatic carbocycles. The van der Waals surface area contributed by atoms with Crippen LogP contribution in [-0.4, -0.2) is 22.5 Å². The Balaban J connectivity index is 2.76. The highest BCUT2D eigenvalue weighted by molar-refractivity contribution is 8.34. The molecule has 72 valence electrons. The number of hydrogen-bond acceptors (Lipinski definition) is 0. The van der Waals surface area contributed by atoms with Gasteiger partial charge in [0.25, 0.3) is 0 Å². The zero-order valence-electron chi connectivity index (χ0n) is 8.89. The van der Waals surface area contributed by atoms with Crippen LogP contribution >= 0.6 is 10.0 Å². The summed E-state index contributed by atoms with van der Waals surface area (Å²) in [6.07, 6.45) is 9.92. The van der Waals surface area contributed by atoms with E-state index in [1.165, 1.54) is 24.3 Å². The van der Waals surface area contributed by atoms with E-state index in [4.69, 9.17) is 0 Å². The van der Waals surface area contributed by atoms with Crippen LogP contribution in [0.2, 0.25) is 0 Å². The van der Waals surface area contributed by atoms with Gasteiger partial charge in [-0.3, -0.25) is 0 Å². The molecule has 0 aromatic rings. The van der Waals surface area contributed by atoms with Crippen molar-refractivity contribution in [3.63, 3.8) is 0 Å². The van der Waals surface area contributed by atoms with Crippen LogP contribution in [0, 0.1) is 0 Å². The van der Waals surface area contributed by atoms with Gasteiger partial charge in [-0.15, -0.1) is 0 Å². The third-order valence-electron chi connectivity index (χ3n) is 3.55. The van der Waals surface area contributed by atoms with Gasteiger partial charge in [-0.05, 0) is 35.4 Å². The number of hydrogen-bond donors (Lipinski definition) is 0. The first kappa shape index (κ1) is 10.2. The summed E-state index contributed by atoms with van der Waals surface area (Å²) < 4.78 is 0.581. The molecule has 1 atom stereocenters. The summed E-state index contributed by atoms with van der Waals surface area (Å²) in [5, 5.41) is 0. The summed E-state index contributed by atoms with van der Waals surface area (Å²) >= 11 is 0. The zero-order chi connectivity index (χ0) is 9.24. The van der Waals surface area contributed by atoms with Gasteiger partial charge in [-0.2, -0.15) is 0 Å². The number of allylic oxidation sites excluding steroid dienone is 1. The van der Waals surface area contributed by atoms with Crippen LogP contribution in [0.3, 0.4) is 0 Å². The zero-order valence-corrected chi connectivity index (χ0v) is 9.71. The molecule has 1 aliphatic heterocycles. The second-order valence-corrected chi connectivity index (χ2v) is 8.91. The van der Waals surface area contributed by atoms with Gasteiger partial charge in [0.05, 0.1) is 0 Å². The van der Waals surface area contributed by atoms with Crippen molar-refractivity contribution in [2.24, 2.45) is 0 Å². The molecule has 1 aliphatic rings. The van der Waals surface area contributed by atoms with Crippen LogP contribution in [0.15, 0.2) is 12.2 Å². The third kappa shape index (κ3) is 1.71. The molecule has 0 spiro atoms. The molecule has 0 N–H and O–H groups in total. The first-order valence-electron chi connectivity index (χ1n) is 4.90. The highest BCUT2D eigenvalue weighted by Gasteiger charge is 2.34. The highest BCUT2D eigenvalue weighted by Crippen LogP contribution is 2.59. The number of rotatable bonds is 2.